The van der Waals surface area contributed by atoms with Crippen molar-refractivity contribution in [1.29, 1.82) is 0 Å². The highest BCUT2D eigenvalue weighted by atomic mass is 16.4. The molecule has 126 valence electrons. The minimum absolute atomic E-state index is 0.115. The Morgan fingerprint density at radius 2 is 1.96 bits per heavy atom. The first kappa shape index (κ1) is 17.5. The van der Waals surface area contributed by atoms with Crippen LogP contribution in [0.5, 0.6) is 0 Å². The van der Waals surface area contributed by atoms with Gasteiger partial charge in [0.1, 0.15) is 6.04 Å². The van der Waals surface area contributed by atoms with Gasteiger partial charge in [-0.25, -0.2) is 0 Å². The third kappa shape index (κ3) is 4.32. The van der Waals surface area contributed by atoms with Crippen molar-refractivity contribution >= 4 is 17.6 Å². The van der Waals surface area contributed by atoms with Crippen LogP contribution in [-0.4, -0.2) is 40.5 Å². The fraction of sp³-hybridized carbons (Fsp3) is 0.556. The van der Waals surface area contributed by atoms with Crippen molar-refractivity contribution in [3.05, 3.63) is 29.3 Å². The van der Waals surface area contributed by atoms with Crippen LogP contribution in [0.2, 0.25) is 0 Å². The highest BCUT2D eigenvalue weighted by Gasteiger charge is 2.36. The van der Waals surface area contributed by atoms with E-state index < -0.39 is 12.0 Å². The molecule has 0 bridgehead atoms. The maximum absolute atomic E-state index is 12.5. The van der Waals surface area contributed by atoms with E-state index in [9.17, 15) is 14.7 Å². The van der Waals surface area contributed by atoms with E-state index in [0.29, 0.717) is 5.92 Å². The smallest absolute Gasteiger partial charge is 0.320 e. The zero-order chi connectivity index (χ0) is 17.1. The molecule has 1 aliphatic carbocycles. The molecule has 1 atom stereocenters. The first-order valence-electron chi connectivity index (χ1n) is 8.19. The van der Waals surface area contributed by atoms with Crippen LogP contribution in [0.3, 0.4) is 0 Å². The number of carboxylic acid groups (broad SMARTS) is 1. The van der Waals surface area contributed by atoms with Crippen LogP contribution in [0.4, 0.5) is 5.69 Å². The number of nitrogens with zero attached hydrogens (tertiary/aromatic N) is 1. The first-order valence-corrected chi connectivity index (χ1v) is 8.19. The van der Waals surface area contributed by atoms with Gasteiger partial charge in [-0.1, -0.05) is 32.0 Å². The summed E-state index contributed by atoms with van der Waals surface area (Å²) in [6.45, 7) is 7.91. The number of aliphatic carboxylic acids is 1. The molecule has 0 aliphatic heterocycles. The molecule has 0 spiro atoms. The second-order valence-electron chi connectivity index (χ2n) is 6.66. The van der Waals surface area contributed by atoms with Gasteiger partial charge in [-0.05, 0) is 43.7 Å². The number of rotatable bonds is 7. The number of carboxylic acids is 1. The lowest BCUT2D eigenvalue weighted by Crippen LogP contribution is -2.44. The Hall–Kier alpha value is -1.88. The van der Waals surface area contributed by atoms with Crippen molar-refractivity contribution < 1.29 is 14.7 Å². The molecule has 1 aromatic carbocycles. The predicted molar refractivity (Wildman–Crippen MR) is 90.7 cm³/mol. The van der Waals surface area contributed by atoms with Gasteiger partial charge < -0.3 is 10.4 Å². The molecule has 0 aromatic heterocycles. The largest absolute Gasteiger partial charge is 0.480 e. The fourth-order valence-corrected chi connectivity index (χ4v) is 2.82. The van der Waals surface area contributed by atoms with Gasteiger partial charge in [0, 0.05) is 11.7 Å². The molecule has 2 rings (SSSR count). The summed E-state index contributed by atoms with van der Waals surface area (Å²) in [5.74, 6) is -0.729. The third-order valence-corrected chi connectivity index (χ3v) is 4.39. The van der Waals surface area contributed by atoms with E-state index in [2.05, 4.69) is 19.2 Å². The monoisotopic (exact) mass is 318 g/mol. The maximum Gasteiger partial charge on any atom is 0.320 e. The SMILES string of the molecule is Cc1cccc(C(C)C)c1NC(=O)CN(C1CC1)C(C)C(=O)O. The number of aryl methyl sites for hydroxylation is 1. The quantitative estimate of drug-likeness (QED) is 0.811. The third-order valence-electron chi connectivity index (χ3n) is 4.39. The highest BCUT2D eigenvalue weighted by Crippen LogP contribution is 2.30. The zero-order valence-corrected chi connectivity index (χ0v) is 14.3. The van der Waals surface area contributed by atoms with Gasteiger partial charge in [-0.15, -0.1) is 0 Å². The number of anilines is 1. The lowest BCUT2D eigenvalue weighted by Gasteiger charge is -2.26. The van der Waals surface area contributed by atoms with Gasteiger partial charge >= 0.3 is 5.97 Å². The molecular formula is C18H26N2O3. The number of amides is 1. The fourth-order valence-electron chi connectivity index (χ4n) is 2.82. The molecule has 1 fully saturated rings. The molecule has 1 amide bonds. The molecule has 1 unspecified atom stereocenters. The van der Waals surface area contributed by atoms with Crippen LogP contribution in [0.25, 0.3) is 0 Å². The Morgan fingerprint density at radius 3 is 2.48 bits per heavy atom. The summed E-state index contributed by atoms with van der Waals surface area (Å²) in [6, 6.07) is 5.55. The molecule has 0 radical (unpaired) electrons. The molecule has 2 N–H and O–H groups in total. The number of benzene rings is 1. The minimum atomic E-state index is -0.886. The second-order valence-corrected chi connectivity index (χ2v) is 6.66. The lowest BCUT2D eigenvalue weighted by atomic mass is 9.98. The molecule has 1 aromatic rings. The van der Waals surface area contributed by atoms with Gasteiger partial charge in [-0.2, -0.15) is 0 Å². The van der Waals surface area contributed by atoms with Gasteiger partial charge in [0.2, 0.25) is 5.91 Å². The Bertz CT molecular complexity index is 594. The standard InChI is InChI=1S/C18H26N2O3/c1-11(2)15-7-5-6-12(3)17(15)19-16(21)10-20(14-8-9-14)13(4)18(22)23/h5-7,11,13-14H,8-10H2,1-4H3,(H,19,21)(H,22,23). The van der Waals surface area contributed by atoms with Crippen molar-refractivity contribution in [2.45, 2.75) is 58.5 Å². The summed E-state index contributed by atoms with van der Waals surface area (Å²) in [5.41, 5.74) is 2.97. The van der Waals surface area contributed by atoms with Gasteiger partial charge in [0.25, 0.3) is 0 Å². The van der Waals surface area contributed by atoms with Crippen LogP contribution < -0.4 is 5.32 Å². The number of hydrogen-bond acceptors (Lipinski definition) is 3. The molecule has 5 heteroatoms. The van der Waals surface area contributed by atoms with E-state index in [1.165, 1.54) is 0 Å². The lowest BCUT2D eigenvalue weighted by molar-refractivity contribution is -0.143. The molecule has 1 saturated carbocycles. The number of hydrogen-bond donors (Lipinski definition) is 2. The minimum Gasteiger partial charge on any atom is -0.480 e. The second kappa shape index (κ2) is 7.13. The molecule has 5 nitrogen and oxygen atoms in total. The van der Waals surface area contributed by atoms with E-state index in [1.54, 1.807) is 11.8 Å². The summed E-state index contributed by atoms with van der Waals surface area (Å²) < 4.78 is 0. The van der Waals surface area contributed by atoms with Crippen LogP contribution in [0.1, 0.15) is 50.7 Å². The van der Waals surface area contributed by atoms with Gasteiger partial charge in [0.15, 0.2) is 0 Å². The van der Waals surface area contributed by atoms with Gasteiger partial charge in [0.05, 0.1) is 6.54 Å². The molecule has 0 heterocycles. The summed E-state index contributed by atoms with van der Waals surface area (Å²) in [4.78, 5) is 25.5. The predicted octanol–water partition coefficient (Wildman–Crippen LogP) is 2.99. The number of carbonyl (C=O) groups excluding carboxylic acids is 1. The number of para-hydroxylation sites is 1. The first-order chi connectivity index (χ1) is 10.8. The molecule has 23 heavy (non-hydrogen) atoms. The molecular weight excluding hydrogens is 292 g/mol. The van der Waals surface area contributed by atoms with Crippen molar-refractivity contribution in [2.75, 3.05) is 11.9 Å². The molecule has 0 saturated heterocycles. The van der Waals surface area contributed by atoms with E-state index >= 15 is 0 Å². The normalized spacial score (nSPS) is 15.7. The summed E-state index contributed by atoms with van der Waals surface area (Å²) in [7, 11) is 0. The maximum atomic E-state index is 12.5. The van der Waals surface area contributed by atoms with Gasteiger partial charge in [-0.3, -0.25) is 14.5 Å². The average molecular weight is 318 g/mol. The van der Waals surface area contributed by atoms with Crippen molar-refractivity contribution in [2.24, 2.45) is 0 Å². The Balaban J connectivity index is 2.11. The Labute approximate surface area is 137 Å². The summed E-state index contributed by atoms with van der Waals surface area (Å²) in [6.07, 6.45) is 1.93. The Morgan fingerprint density at radius 1 is 1.30 bits per heavy atom. The van der Waals surface area contributed by atoms with E-state index in [-0.39, 0.29) is 18.5 Å². The Kier molecular flexibility index (Phi) is 5.42. The number of carbonyl (C=O) groups is 2. The van der Waals surface area contributed by atoms with E-state index in [1.807, 2.05) is 25.1 Å². The van der Waals surface area contributed by atoms with Crippen molar-refractivity contribution in [1.82, 2.24) is 4.90 Å². The highest BCUT2D eigenvalue weighted by molar-refractivity contribution is 5.94. The van der Waals surface area contributed by atoms with Crippen LogP contribution in [-0.2, 0) is 9.59 Å². The number of nitrogens with one attached hydrogen (secondary N) is 1. The van der Waals surface area contributed by atoms with E-state index in [0.717, 1.165) is 29.7 Å². The average Bonchev–Trinajstić information content (AvgIpc) is 3.30. The van der Waals surface area contributed by atoms with Crippen molar-refractivity contribution in [3.8, 4) is 0 Å². The van der Waals surface area contributed by atoms with Crippen LogP contribution in [0, 0.1) is 6.92 Å². The van der Waals surface area contributed by atoms with Crippen LogP contribution >= 0.6 is 0 Å². The van der Waals surface area contributed by atoms with Crippen molar-refractivity contribution in [3.63, 3.8) is 0 Å². The zero-order valence-electron chi connectivity index (χ0n) is 14.3. The topological polar surface area (TPSA) is 69.6 Å². The van der Waals surface area contributed by atoms with Crippen LogP contribution in [0.15, 0.2) is 18.2 Å². The summed E-state index contributed by atoms with van der Waals surface area (Å²) >= 11 is 0. The van der Waals surface area contributed by atoms with E-state index in [4.69, 9.17) is 0 Å². The summed E-state index contributed by atoms with van der Waals surface area (Å²) in [5, 5.41) is 12.2. The molecule has 1 aliphatic rings.